The number of nitrogens with zero attached hydrogens (tertiary/aromatic N) is 2. The van der Waals surface area contributed by atoms with E-state index in [1.807, 2.05) is 10.6 Å². The van der Waals surface area contributed by atoms with Gasteiger partial charge in [-0.25, -0.2) is 8.42 Å². The van der Waals surface area contributed by atoms with Crippen molar-refractivity contribution >= 4 is 27.3 Å². The number of methoxy groups -OCH3 is 2. The summed E-state index contributed by atoms with van der Waals surface area (Å²) in [6.07, 6.45) is 2.78. The highest BCUT2D eigenvalue weighted by Crippen LogP contribution is 2.40. The smallest absolute Gasteiger partial charge is 0.265 e. The number of nitrogens with one attached hydrogen (secondary N) is 2. The number of rotatable bonds is 9. The molecule has 6 rings (SSSR count). The molecular formula is C31H36N4O7S. The van der Waals surface area contributed by atoms with Crippen LogP contribution in [0.2, 0.25) is 0 Å². The predicted molar refractivity (Wildman–Crippen MR) is 162 cm³/mol. The van der Waals surface area contributed by atoms with Gasteiger partial charge in [-0.05, 0) is 61.6 Å². The van der Waals surface area contributed by atoms with Crippen LogP contribution in [0.5, 0.6) is 11.5 Å². The van der Waals surface area contributed by atoms with Crippen LogP contribution in [0.1, 0.15) is 41.2 Å². The first-order chi connectivity index (χ1) is 20.8. The Kier molecular flexibility index (Phi) is 8.06. The first-order valence-electron chi connectivity index (χ1n) is 14.5. The maximum Gasteiger partial charge on any atom is 0.265 e. The number of amides is 1. The average molecular weight is 609 g/mol. The van der Waals surface area contributed by atoms with Gasteiger partial charge in [-0.15, -0.1) is 0 Å². The number of sulfonamides is 1. The Bertz CT molecular complexity index is 1680. The van der Waals surface area contributed by atoms with Gasteiger partial charge in [-0.1, -0.05) is 6.07 Å². The Hall–Kier alpha value is -4.03. The maximum atomic E-state index is 13.8. The molecule has 2 N–H and O–H groups in total. The van der Waals surface area contributed by atoms with Crippen LogP contribution in [0.4, 0.5) is 11.4 Å². The Morgan fingerprint density at radius 3 is 2.67 bits per heavy atom. The molecule has 0 spiro atoms. The van der Waals surface area contributed by atoms with Crippen LogP contribution in [0.15, 0.2) is 64.3 Å². The summed E-state index contributed by atoms with van der Waals surface area (Å²) in [5.74, 6) is 0.531. The van der Waals surface area contributed by atoms with Gasteiger partial charge in [0.2, 0.25) is 0 Å². The molecule has 228 valence electrons. The number of benzene rings is 2. The minimum atomic E-state index is -4.17. The molecule has 43 heavy (non-hydrogen) atoms. The monoisotopic (exact) mass is 608 g/mol. The lowest BCUT2D eigenvalue weighted by Crippen LogP contribution is -2.47. The van der Waals surface area contributed by atoms with Gasteiger partial charge in [0.25, 0.3) is 21.5 Å². The molecule has 3 aromatic rings. The zero-order valence-corrected chi connectivity index (χ0v) is 25.1. The standard InChI is InChI=1S/C31H36N4O7S/c1-40-23-9-11-28(41-2)29(15-23)43(38,39)33-25-14-21(31(37)32-16-24-5-4-12-42-24)8-10-27(25)34-17-20-13-22(19-34)26-6-3-7-30(36)35(26)18-20/h3,6-11,14-15,20,22,24,33H,4-5,12-13,16-19H2,1-2H3,(H,32,37). The number of aromatic nitrogens is 1. The van der Waals surface area contributed by atoms with Crippen LogP contribution >= 0.6 is 0 Å². The van der Waals surface area contributed by atoms with E-state index >= 15 is 0 Å². The molecular weight excluding hydrogens is 572 g/mol. The van der Waals surface area contributed by atoms with Crippen molar-refractivity contribution in [3.63, 3.8) is 0 Å². The van der Waals surface area contributed by atoms with Gasteiger partial charge in [-0.2, -0.15) is 0 Å². The van der Waals surface area contributed by atoms with Crippen LogP contribution in [0, 0.1) is 5.92 Å². The molecule has 3 unspecified atom stereocenters. The Morgan fingerprint density at radius 2 is 1.91 bits per heavy atom. The highest BCUT2D eigenvalue weighted by molar-refractivity contribution is 7.92. The highest BCUT2D eigenvalue weighted by atomic mass is 32.2. The third kappa shape index (κ3) is 5.94. The summed E-state index contributed by atoms with van der Waals surface area (Å²) in [6, 6.07) is 15.0. The van der Waals surface area contributed by atoms with Crippen LogP contribution in [0.25, 0.3) is 0 Å². The van der Waals surface area contributed by atoms with Gasteiger partial charge < -0.3 is 29.0 Å². The molecule has 12 heteroatoms. The summed E-state index contributed by atoms with van der Waals surface area (Å²) in [5, 5.41) is 2.92. The number of fused-ring (bicyclic) bond motifs is 4. The molecule has 3 aliphatic rings. The van der Waals surface area contributed by atoms with E-state index in [4.69, 9.17) is 14.2 Å². The van der Waals surface area contributed by atoms with Crippen molar-refractivity contribution in [3.8, 4) is 11.5 Å². The van der Waals surface area contributed by atoms with E-state index in [1.54, 1.807) is 36.4 Å². The number of piperidine rings is 1. The predicted octanol–water partition coefficient (Wildman–Crippen LogP) is 3.20. The summed E-state index contributed by atoms with van der Waals surface area (Å²) in [5.41, 5.74) is 2.25. The van der Waals surface area contributed by atoms with Crippen molar-refractivity contribution in [1.29, 1.82) is 0 Å². The molecule has 1 amide bonds. The quantitative estimate of drug-likeness (QED) is 0.379. The van der Waals surface area contributed by atoms with Crippen LogP contribution in [-0.4, -0.2) is 65.5 Å². The second-order valence-corrected chi connectivity index (χ2v) is 13.0. The summed E-state index contributed by atoms with van der Waals surface area (Å²) >= 11 is 0. The van der Waals surface area contributed by atoms with Crippen LogP contribution in [-0.2, 0) is 21.3 Å². The molecule has 3 aliphatic heterocycles. The van der Waals surface area contributed by atoms with E-state index in [1.165, 1.54) is 26.4 Å². The zero-order chi connectivity index (χ0) is 30.1. The maximum absolute atomic E-state index is 13.8. The molecule has 0 saturated carbocycles. The Balaban J connectivity index is 1.35. The SMILES string of the molecule is COc1ccc(OC)c(S(=O)(=O)Nc2cc(C(=O)NCC3CCCO3)ccc2N2CC3CC(C2)c2cccc(=O)n2C3)c1. The van der Waals surface area contributed by atoms with Crippen LogP contribution < -0.4 is 30.0 Å². The number of carbonyl (C=O) groups is 1. The van der Waals surface area contributed by atoms with E-state index in [-0.39, 0.29) is 45.7 Å². The largest absolute Gasteiger partial charge is 0.497 e. The van der Waals surface area contributed by atoms with Crippen molar-refractivity contribution in [3.05, 3.63) is 76.2 Å². The topological polar surface area (TPSA) is 128 Å². The molecule has 0 aliphatic carbocycles. The molecule has 1 aromatic heterocycles. The summed E-state index contributed by atoms with van der Waals surface area (Å²) in [6.45, 7) is 2.91. The van der Waals surface area contributed by atoms with Crippen molar-refractivity contribution in [2.45, 2.75) is 42.7 Å². The van der Waals surface area contributed by atoms with Gasteiger partial charge in [0, 0.05) is 62.1 Å². The fourth-order valence-corrected chi connectivity index (χ4v) is 7.69. The second kappa shape index (κ2) is 11.9. The number of ether oxygens (including phenoxy) is 3. The van der Waals surface area contributed by atoms with Gasteiger partial charge in [0.1, 0.15) is 16.4 Å². The molecule has 2 bridgehead atoms. The lowest BCUT2D eigenvalue weighted by Gasteiger charge is -2.44. The van der Waals surface area contributed by atoms with E-state index in [0.29, 0.717) is 49.8 Å². The number of pyridine rings is 1. The van der Waals surface area contributed by atoms with Gasteiger partial charge >= 0.3 is 0 Å². The fraction of sp³-hybridized carbons (Fsp3) is 0.419. The van der Waals surface area contributed by atoms with E-state index in [2.05, 4.69) is 14.9 Å². The van der Waals surface area contributed by atoms with Gasteiger partial charge in [0.05, 0.1) is 31.7 Å². The van der Waals surface area contributed by atoms with Crippen molar-refractivity contribution in [1.82, 2.24) is 9.88 Å². The van der Waals surface area contributed by atoms with Gasteiger partial charge in [-0.3, -0.25) is 14.3 Å². The summed E-state index contributed by atoms with van der Waals surface area (Å²) in [7, 11) is -1.31. The second-order valence-electron chi connectivity index (χ2n) is 11.3. The highest BCUT2D eigenvalue weighted by Gasteiger charge is 2.36. The molecule has 11 nitrogen and oxygen atoms in total. The normalized spacial score (nSPS) is 21.2. The average Bonchev–Trinajstić information content (AvgIpc) is 3.53. The van der Waals surface area contributed by atoms with E-state index < -0.39 is 10.0 Å². The zero-order valence-electron chi connectivity index (χ0n) is 24.2. The lowest BCUT2D eigenvalue weighted by atomic mass is 9.83. The number of carbonyl (C=O) groups excluding carboxylic acids is 1. The van der Waals surface area contributed by atoms with Gasteiger partial charge in [0.15, 0.2) is 0 Å². The Labute approximate surface area is 250 Å². The fourth-order valence-electron chi connectivity index (χ4n) is 6.44. The molecule has 4 heterocycles. The van der Waals surface area contributed by atoms with E-state index in [0.717, 1.165) is 25.0 Å². The summed E-state index contributed by atoms with van der Waals surface area (Å²) in [4.78, 5) is 27.8. The summed E-state index contributed by atoms with van der Waals surface area (Å²) < 4.78 is 48.6. The Morgan fingerprint density at radius 1 is 1.05 bits per heavy atom. The first kappa shape index (κ1) is 29.1. The number of hydrogen-bond donors (Lipinski definition) is 2. The number of hydrogen-bond acceptors (Lipinski definition) is 8. The third-order valence-corrected chi connectivity index (χ3v) is 9.88. The minimum Gasteiger partial charge on any atom is -0.497 e. The lowest BCUT2D eigenvalue weighted by molar-refractivity contribution is 0.0858. The minimum absolute atomic E-state index is 0.000273. The third-order valence-electron chi connectivity index (χ3n) is 8.50. The van der Waals surface area contributed by atoms with Crippen molar-refractivity contribution in [2.75, 3.05) is 50.1 Å². The molecule has 3 atom stereocenters. The van der Waals surface area contributed by atoms with E-state index in [9.17, 15) is 18.0 Å². The molecule has 0 radical (unpaired) electrons. The van der Waals surface area contributed by atoms with Crippen molar-refractivity contribution < 1.29 is 27.4 Å². The van der Waals surface area contributed by atoms with Crippen LogP contribution in [0.3, 0.4) is 0 Å². The first-order valence-corrected chi connectivity index (χ1v) is 16.0. The molecule has 2 fully saturated rings. The molecule has 2 aromatic carbocycles. The number of anilines is 2. The molecule has 2 saturated heterocycles. The van der Waals surface area contributed by atoms with Crippen molar-refractivity contribution in [2.24, 2.45) is 5.92 Å².